The number of ether oxygens (including phenoxy) is 1. The van der Waals surface area contributed by atoms with E-state index < -0.39 is 0 Å². The van der Waals surface area contributed by atoms with Gasteiger partial charge in [-0.25, -0.2) is 0 Å². The van der Waals surface area contributed by atoms with E-state index in [9.17, 15) is 4.79 Å². The number of carbonyl (C=O) groups excluding carboxylic acids is 1. The second kappa shape index (κ2) is 11.3. The monoisotopic (exact) mass is 466 g/mol. The lowest BCUT2D eigenvalue weighted by Crippen LogP contribution is -2.48. The molecule has 8 nitrogen and oxygen atoms in total. The fraction of sp³-hybridized carbons (Fsp3) is 0.375. The number of nitrogens with one attached hydrogen (secondary N) is 1. The van der Waals surface area contributed by atoms with E-state index >= 15 is 0 Å². The lowest BCUT2D eigenvalue weighted by molar-refractivity contribution is -0.119. The topological polar surface area (TPSA) is 75.5 Å². The van der Waals surface area contributed by atoms with E-state index in [2.05, 4.69) is 44.5 Å². The van der Waals surface area contributed by atoms with Gasteiger partial charge in [-0.3, -0.25) is 14.3 Å². The standard InChI is InChI=1S/C24H30N6O2S/c1-28-12-14-29(15-13-28)16-22(19-6-4-3-5-7-19)26-23(31)17-33-24-27-25-18-30(24)20-8-10-21(32-2)11-9-20/h3-11,18,22H,12-17H2,1-2H3,(H,26,31). The molecule has 0 radical (unpaired) electrons. The zero-order valence-corrected chi connectivity index (χ0v) is 19.9. The summed E-state index contributed by atoms with van der Waals surface area (Å²) in [6, 6.07) is 17.8. The van der Waals surface area contributed by atoms with Gasteiger partial charge >= 0.3 is 0 Å². The Balaban J connectivity index is 1.38. The highest BCUT2D eigenvalue weighted by Crippen LogP contribution is 2.22. The molecule has 0 spiro atoms. The summed E-state index contributed by atoms with van der Waals surface area (Å²) in [5.74, 6) is 1.03. The Bertz CT molecular complexity index is 1020. The number of carbonyl (C=O) groups is 1. The van der Waals surface area contributed by atoms with Crippen molar-refractivity contribution in [3.63, 3.8) is 0 Å². The van der Waals surface area contributed by atoms with Crippen LogP contribution in [0.4, 0.5) is 0 Å². The Hall–Kier alpha value is -2.88. The van der Waals surface area contributed by atoms with Gasteiger partial charge in [-0.2, -0.15) is 0 Å². The van der Waals surface area contributed by atoms with E-state index in [-0.39, 0.29) is 17.7 Å². The molecular weight excluding hydrogens is 436 g/mol. The maximum Gasteiger partial charge on any atom is 0.231 e. The summed E-state index contributed by atoms with van der Waals surface area (Å²) >= 11 is 1.38. The zero-order chi connectivity index (χ0) is 23.0. The fourth-order valence-electron chi connectivity index (χ4n) is 3.82. The maximum absolute atomic E-state index is 12.9. The molecule has 1 saturated heterocycles. The molecule has 1 unspecified atom stereocenters. The van der Waals surface area contributed by atoms with Crippen molar-refractivity contribution in [1.82, 2.24) is 29.9 Å². The molecule has 0 bridgehead atoms. The molecule has 3 aromatic rings. The number of likely N-dealkylation sites (N-methyl/N-ethyl adjacent to an activating group) is 1. The largest absolute Gasteiger partial charge is 0.497 e. The van der Waals surface area contributed by atoms with Crippen LogP contribution >= 0.6 is 11.8 Å². The van der Waals surface area contributed by atoms with Gasteiger partial charge in [0.1, 0.15) is 12.1 Å². The first-order valence-electron chi connectivity index (χ1n) is 11.0. The zero-order valence-electron chi connectivity index (χ0n) is 19.1. The van der Waals surface area contributed by atoms with E-state index in [4.69, 9.17) is 4.74 Å². The van der Waals surface area contributed by atoms with Crippen molar-refractivity contribution in [2.75, 3.05) is 52.6 Å². The minimum Gasteiger partial charge on any atom is -0.497 e. The average Bonchev–Trinajstić information content (AvgIpc) is 3.33. The molecule has 1 atom stereocenters. The van der Waals surface area contributed by atoms with Crippen LogP contribution < -0.4 is 10.1 Å². The molecule has 1 fully saturated rings. The predicted octanol–water partition coefficient (Wildman–Crippen LogP) is 2.47. The molecule has 0 saturated carbocycles. The van der Waals surface area contributed by atoms with Crippen LogP contribution in [0.25, 0.3) is 5.69 Å². The minimum absolute atomic E-state index is 0.0211. The summed E-state index contributed by atoms with van der Waals surface area (Å²) < 4.78 is 7.10. The van der Waals surface area contributed by atoms with Crippen molar-refractivity contribution in [3.8, 4) is 11.4 Å². The van der Waals surface area contributed by atoms with Gasteiger partial charge in [0.15, 0.2) is 5.16 Å². The molecule has 9 heteroatoms. The Morgan fingerprint density at radius 2 is 1.82 bits per heavy atom. The van der Waals surface area contributed by atoms with Crippen molar-refractivity contribution in [2.24, 2.45) is 0 Å². The van der Waals surface area contributed by atoms with Crippen LogP contribution in [0.1, 0.15) is 11.6 Å². The second-order valence-corrected chi connectivity index (χ2v) is 9.05. The van der Waals surface area contributed by atoms with Crippen LogP contribution in [0.3, 0.4) is 0 Å². The molecule has 1 aliphatic heterocycles. The van der Waals surface area contributed by atoms with E-state index in [1.165, 1.54) is 11.8 Å². The summed E-state index contributed by atoms with van der Waals surface area (Å²) in [5.41, 5.74) is 2.04. The first kappa shape index (κ1) is 23.3. The number of methoxy groups -OCH3 is 1. The van der Waals surface area contributed by atoms with Gasteiger partial charge in [0.2, 0.25) is 5.91 Å². The van der Waals surface area contributed by atoms with Gasteiger partial charge in [-0.1, -0.05) is 42.1 Å². The smallest absolute Gasteiger partial charge is 0.231 e. The first-order chi connectivity index (χ1) is 16.1. The van der Waals surface area contributed by atoms with E-state index in [1.807, 2.05) is 47.0 Å². The van der Waals surface area contributed by atoms with E-state index in [1.54, 1.807) is 13.4 Å². The first-order valence-corrected chi connectivity index (χ1v) is 12.0. The lowest BCUT2D eigenvalue weighted by atomic mass is 10.1. The average molecular weight is 467 g/mol. The van der Waals surface area contributed by atoms with Crippen molar-refractivity contribution in [2.45, 2.75) is 11.2 Å². The third-order valence-corrected chi connectivity index (χ3v) is 6.72. The van der Waals surface area contributed by atoms with Crippen LogP contribution in [0.5, 0.6) is 5.75 Å². The minimum atomic E-state index is -0.0536. The third kappa shape index (κ3) is 6.34. The Morgan fingerprint density at radius 1 is 1.09 bits per heavy atom. The molecule has 0 aliphatic carbocycles. The van der Waals surface area contributed by atoms with Crippen LogP contribution in [0.15, 0.2) is 66.1 Å². The molecule has 2 aromatic carbocycles. The van der Waals surface area contributed by atoms with Crippen LogP contribution in [-0.4, -0.2) is 83.1 Å². The summed E-state index contributed by atoms with van der Waals surface area (Å²) in [4.78, 5) is 17.7. The SMILES string of the molecule is COc1ccc(-n2cnnc2SCC(=O)NC(CN2CCN(C)CC2)c2ccccc2)cc1. The number of thioether (sulfide) groups is 1. The highest BCUT2D eigenvalue weighted by atomic mass is 32.2. The highest BCUT2D eigenvalue weighted by Gasteiger charge is 2.21. The summed E-state index contributed by atoms with van der Waals surface area (Å²) in [5, 5.41) is 12.1. The molecule has 1 amide bonds. The summed E-state index contributed by atoms with van der Waals surface area (Å²) in [7, 11) is 3.79. The van der Waals surface area contributed by atoms with Crippen LogP contribution in [0.2, 0.25) is 0 Å². The number of hydrogen-bond donors (Lipinski definition) is 1. The molecule has 1 N–H and O–H groups in total. The quantitative estimate of drug-likeness (QED) is 0.486. The number of nitrogens with zero attached hydrogens (tertiary/aromatic N) is 5. The maximum atomic E-state index is 12.9. The Labute approximate surface area is 198 Å². The van der Waals surface area contributed by atoms with Crippen LogP contribution in [-0.2, 0) is 4.79 Å². The van der Waals surface area contributed by atoms with Crippen molar-refractivity contribution in [3.05, 3.63) is 66.5 Å². The van der Waals surface area contributed by atoms with Crippen molar-refractivity contribution in [1.29, 1.82) is 0 Å². The molecule has 1 aliphatic rings. The molecule has 4 rings (SSSR count). The second-order valence-electron chi connectivity index (χ2n) is 8.10. The summed E-state index contributed by atoms with van der Waals surface area (Å²) in [6.07, 6.45) is 1.65. The van der Waals surface area contributed by atoms with Gasteiger partial charge in [0.25, 0.3) is 0 Å². The predicted molar refractivity (Wildman–Crippen MR) is 130 cm³/mol. The van der Waals surface area contributed by atoms with Gasteiger partial charge in [-0.15, -0.1) is 10.2 Å². The fourth-order valence-corrected chi connectivity index (χ4v) is 4.56. The number of aromatic nitrogens is 3. The number of piperazine rings is 1. The van der Waals surface area contributed by atoms with E-state index in [0.29, 0.717) is 5.16 Å². The Kier molecular flexibility index (Phi) is 7.98. The van der Waals surface area contributed by atoms with Crippen LogP contribution in [0, 0.1) is 0 Å². The molecule has 1 aromatic heterocycles. The number of benzene rings is 2. The number of amides is 1. The third-order valence-electron chi connectivity index (χ3n) is 5.77. The number of rotatable bonds is 9. The lowest BCUT2D eigenvalue weighted by Gasteiger charge is -2.35. The molecular formula is C24H30N6O2S. The normalized spacial score (nSPS) is 15.8. The highest BCUT2D eigenvalue weighted by molar-refractivity contribution is 7.99. The van der Waals surface area contributed by atoms with Gasteiger partial charge < -0.3 is 15.0 Å². The molecule has 2 heterocycles. The van der Waals surface area contributed by atoms with E-state index in [0.717, 1.165) is 49.7 Å². The summed E-state index contributed by atoms with van der Waals surface area (Å²) in [6.45, 7) is 4.92. The van der Waals surface area contributed by atoms with Gasteiger partial charge in [0, 0.05) is 38.4 Å². The van der Waals surface area contributed by atoms with Gasteiger partial charge in [-0.05, 0) is 36.9 Å². The molecule has 174 valence electrons. The van der Waals surface area contributed by atoms with Crippen molar-refractivity contribution < 1.29 is 9.53 Å². The van der Waals surface area contributed by atoms with Gasteiger partial charge in [0.05, 0.1) is 18.9 Å². The Morgan fingerprint density at radius 3 is 2.52 bits per heavy atom. The van der Waals surface area contributed by atoms with Crippen molar-refractivity contribution >= 4 is 17.7 Å². The molecule has 33 heavy (non-hydrogen) atoms. The number of hydrogen-bond acceptors (Lipinski definition) is 7.